The number of pyridine rings is 1. The van der Waals surface area contributed by atoms with Crippen molar-refractivity contribution >= 4 is 11.9 Å². The molecule has 2 heterocycles. The van der Waals surface area contributed by atoms with E-state index < -0.39 is 0 Å². The van der Waals surface area contributed by atoms with Gasteiger partial charge in [-0.3, -0.25) is 9.78 Å². The molecule has 2 aliphatic rings. The van der Waals surface area contributed by atoms with Crippen molar-refractivity contribution < 1.29 is 14.3 Å². The van der Waals surface area contributed by atoms with Gasteiger partial charge in [0.15, 0.2) is 0 Å². The van der Waals surface area contributed by atoms with Crippen LogP contribution < -0.4 is 0 Å². The van der Waals surface area contributed by atoms with Crippen LogP contribution in [-0.2, 0) is 22.4 Å². The Balaban J connectivity index is 1.79. The van der Waals surface area contributed by atoms with Crippen LogP contribution in [0.1, 0.15) is 53.5 Å². The number of esters is 1. The Morgan fingerprint density at radius 2 is 2.00 bits per heavy atom. The maximum Gasteiger partial charge on any atom is 0.339 e. The molecule has 1 aromatic rings. The molecule has 1 unspecified atom stereocenters. The van der Waals surface area contributed by atoms with Crippen LogP contribution in [0, 0.1) is 12.3 Å². The van der Waals surface area contributed by atoms with Gasteiger partial charge in [-0.1, -0.05) is 19.1 Å². The lowest BCUT2D eigenvalue weighted by Crippen LogP contribution is -2.44. The van der Waals surface area contributed by atoms with Gasteiger partial charge in [-0.25, -0.2) is 4.79 Å². The van der Waals surface area contributed by atoms with E-state index in [1.54, 1.807) is 0 Å². The van der Waals surface area contributed by atoms with Crippen LogP contribution in [0.5, 0.6) is 0 Å². The number of amides is 1. The number of ether oxygens (including phenoxy) is 1. The summed E-state index contributed by atoms with van der Waals surface area (Å²) < 4.78 is 4.84. The van der Waals surface area contributed by atoms with E-state index in [2.05, 4.69) is 24.1 Å². The molecule has 134 valence electrons. The molecule has 1 aliphatic carbocycles. The zero-order chi connectivity index (χ0) is 18.0. The highest BCUT2D eigenvalue weighted by atomic mass is 16.5. The monoisotopic (exact) mass is 342 g/mol. The molecule has 25 heavy (non-hydrogen) atoms. The third-order valence-electron chi connectivity index (χ3n) is 5.46. The summed E-state index contributed by atoms with van der Waals surface area (Å²) in [5.74, 6) is -0.110. The van der Waals surface area contributed by atoms with Crippen molar-refractivity contribution in [3.8, 4) is 0 Å². The molecule has 0 spiro atoms. The zero-order valence-corrected chi connectivity index (χ0v) is 15.3. The summed E-state index contributed by atoms with van der Waals surface area (Å²) >= 11 is 0. The maximum absolute atomic E-state index is 13.1. The maximum atomic E-state index is 13.1. The van der Waals surface area contributed by atoms with Gasteiger partial charge in [0.25, 0.3) is 0 Å². The molecule has 0 radical (unpaired) electrons. The Kier molecular flexibility index (Phi) is 4.93. The second-order valence-corrected chi connectivity index (χ2v) is 7.29. The quantitative estimate of drug-likeness (QED) is 0.612. The van der Waals surface area contributed by atoms with Crippen molar-refractivity contribution in [2.24, 2.45) is 5.41 Å². The molecule has 5 heteroatoms. The highest BCUT2D eigenvalue weighted by molar-refractivity contribution is 5.90. The summed E-state index contributed by atoms with van der Waals surface area (Å²) in [6.07, 6.45) is 8.45. The molecule has 0 aromatic carbocycles. The lowest BCUT2D eigenvalue weighted by atomic mass is 9.77. The zero-order valence-electron chi connectivity index (χ0n) is 15.3. The molecular weight excluding hydrogens is 316 g/mol. The molecule has 0 saturated heterocycles. The van der Waals surface area contributed by atoms with Gasteiger partial charge in [0.2, 0.25) is 5.91 Å². The molecule has 0 saturated carbocycles. The average molecular weight is 342 g/mol. The topological polar surface area (TPSA) is 59.5 Å². The number of hydrogen-bond donors (Lipinski definition) is 0. The van der Waals surface area contributed by atoms with Gasteiger partial charge < -0.3 is 9.64 Å². The Hall–Kier alpha value is -2.17. The minimum Gasteiger partial charge on any atom is -0.465 e. The number of nitrogens with zero attached hydrogens (tertiary/aromatic N) is 2. The number of carbonyl (C=O) groups excluding carboxylic acids is 2. The number of rotatable bonds is 2. The third kappa shape index (κ3) is 3.46. The lowest BCUT2D eigenvalue weighted by molar-refractivity contribution is -0.141. The van der Waals surface area contributed by atoms with Crippen LogP contribution in [0.3, 0.4) is 0 Å². The first-order valence-electron chi connectivity index (χ1n) is 8.97. The Morgan fingerprint density at radius 1 is 1.24 bits per heavy atom. The first-order valence-corrected chi connectivity index (χ1v) is 8.97. The lowest BCUT2D eigenvalue weighted by Gasteiger charge is -2.35. The third-order valence-corrected chi connectivity index (χ3v) is 5.46. The van der Waals surface area contributed by atoms with Crippen molar-refractivity contribution in [3.05, 3.63) is 40.7 Å². The molecule has 3 rings (SSSR count). The number of methoxy groups -OCH3 is 1. The molecule has 1 aromatic heterocycles. The van der Waals surface area contributed by atoms with Crippen molar-refractivity contribution in [3.63, 3.8) is 0 Å². The summed E-state index contributed by atoms with van der Waals surface area (Å²) in [6.45, 7) is 5.27. The summed E-state index contributed by atoms with van der Waals surface area (Å²) in [4.78, 5) is 31.6. The van der Waals surface area contributed by atoms with Crippen LogP contribution in [0.2, 0.25) is 0 Å². The van der Waals surface area contributed by atoms with Crippen molar-refractivity contribution in [2.75, 3.05) is 20.2 Å². The fourth-order valence-electron chi connectivity index (χ4n) is 3.80. The van der Waals surface area contributed by atoms with Crippen molar-refractivity contribution in [1.29, 1.82) is 0 Å². The first-order chi connectivity index (χ1) is 11.9. The van der Waals surface area contributed by atoms with E-state index >= 15 is 0 Å². The van der Waals surface area contributed by atoms with Crippen LogP contribution in [0.4, 0.5) is 0 Å². The fraction of sp³-hybridized carbons (Fsp3) is 0.550. The highest BCUT2D eigenvalue weighted by Crippen LogP contribution is 2.34. The molecule has 1 amide bonds. The van der Waals surface area contributed by atoms with Gasteiger partial charge >= 0.3 is 5.97 Å². The number of fused-ring (bicyclic) bond motifs is 1. The van der Waals surface area contributed by atoms with E-state index in [1.165, 1.54) is 7.11 Å². The van der Waals surface area contributed by atoms with Gasteiger partial charge in [-0.15, -0.1) is 0 Å². The summed E-state index contributed by atoms with van der Waals surface area (Å²) in [5.41, 5.74) is 2.97. The average Bonchev–Trinajstić information content (AvgIpc) is 2.82. The predicted molar refractivity (Wildman–Crippen MR) is 95.4 cm³/mol. The molecule has 0 fully saturated rings. The summed E-state index contributed by atoms with van der Waals surface area (Å²) in [5, 5.41) is 0. The van der Waals surface area contributed by atoms with E-state index in [9.17, 15) is 9.59 Å². The van der Waals surface area contributed by atoms with Gasteiger partial charge in [-0.2, -0.15) is 0 Å². The number of allylic oxidation sites excluding steroid dienone is 2. The van der Waals surface area contributed by atoms with Crippen molar-refractivity contribution in [2.45, 2.75) is 46.0 Å². The number of aromatic nitrogens is 1. The highest BCUT2D eigenvalue weighted by Gasteiger charge is 2.36. The fourth-order valence-corrected chi connectivity index (χ4v) is 3.80. The number of hydrogen-bond acceptors (Lipinski definition) is 4. The van der Waals surface area contributed by atoms with Crippen LogP contribution in [0.25, 0.3) is 0 Å². The minimum atomic E-state index is -0.355. The minimum absolute atomic E-state index is 0.245. The van der Waals surface area contributed by atoms with Crippen LogP contribution in [0.15, 0.2) is 18.2 Å². The van der Waals surface area contributed by atoms with Crippen LogP contribution >= 0.6 is 0 Å². The summed E-state index contributed by atoms with van der Waals surface area (Å²) in [7, 11) is 1.38. The largest absolute Gasteiger partial charge is 0.465 e. The molecule has 1 aliphatic heterocycles. The van der Waals surface area contributed by atoms with E-state index in [-0.39, 0.29) is 17.3 Å². The Labute approximate surface area is 149 Å². The number of carbonyl (C=O) groups is 2. The molecule has 0 bridgehead atoms. The van der Waals surface area contributed by atoms with E-state index in [4.69, 9.17) is 4.74 Å². The van der Waals surface area contributed by atoms with Gasteiger partial charge in [0, 0.05) is 25.2 Å². The van der Waals surface area contributed by atoms with Gasteiger partial charge in [-0.05, 0) is 44.2 Å². The van der Waals surface area contributed by atoms with Gasteiger partial charge in [0.05, 0.1) is 23.8 Å². The SMILES string of the molecule is COC(=O)c1cc2c(nc1C)CCN(C(=O)C1(C)CC=CCC1)CC2. The second-order valence-electron chi connectivity index (χ2n) is 7.29. The van der Waals surface area contributed by atoms with Crippen LogP contribution in [-0.4, -0.2) is 42.0 Å². The molecule has 5 nitrogen and oxygen atoms in total. The van der Waals surface area contributed by atoms with Gasteiger partial charge in [0.1, 0.15) is 0 Å². The first kappa shape index (κ1) is 17.6. The van der Waals surface area contributed by atoms with E-state index in [0.29, 0.717) is 24.3 Å². The Morgan fingerprint density at radius 3 is 2.68 bits per heavy atom. The van der Waals surface area contributed by atoms with E-state index in [1.807, 2.05) is 17.9 Å². The predicted octanol–water partition coefficient (Wildman–Crippen LogP) is 2.85. The number of aryl methyl sites for hydroxylation is 1. The molecular formula is C20H26N2O3. The molecule has 0 N–H and O–H groups in total. The van der Waals surface area contributed by atoms with Crippen molar-refractivity contribution in [1.82, 2.24) is 9.88 Å². The Bertz CT molecular complexity index is 726. The van der Waals surface area contributed by atoms with E-state index in [0.717, 1.165) is 43.4 Å². The summed E-state index contributed by atoms with van der Waals surface area (Å²) in [6, 6.07) is 1.89. The second kappa shape index (κ2) is 6.98. The molecule has 1 atom stereocenters. The standard InChI is InChI=1S/C20H26N2O3/c1-14-16(18(23)25-3)13-15-7-11-22(12-8-17(15)21-14)19(24)20(2)9-5-4-6-10-20/h4-5,13H,6-12H2,1-3H3. The smallest absolute Gasteiger partial charge is 0.339 e. The normalized spacial score (nSPS) is 22.9.